The molecule has 0 saturated carbocycles. The number of H-pyrrole nitrogens is 1. The molecular formula is C23H41NO2. The lowest BCUT2D eigenvalue weighted by atomic mass is 10.0. The Balaban J connectivity index is 1.81. The number of pyridine rings is 1. The fraction of sp³-hybridized carbons (Fsp3) is 0.783. The van der Waals surface area contributed by atoms with E-state index >= 15 is 0 Å². The molecule has 0 spiro atoms. The van der Waals surface area contributed by atoms with Crippen LogP contribution in [0.25, 0.3) is 0 Å². The lowest BCUT2D eigenvalue weighted by Gasteiger charge is -2.04. The summed E-state index contributed by atoms with van der Waals surface area (Å²) in [6.07, 6.45) is 24.1. The van der Waals surface area contributed by atoms with Gasteiger partial charge < -0.3 is 10.1 Å². The fourth-order valence-electron chi connectivity index (χ4n) is 3.58. The number of hydrogen-bond donors (Lipinski definition) is 2. The summed E-state index contributed by atoms with van der Waals surface area (Å²) in [5, 5.41) is 9.68. The van der Waals surface area contributed by atoms with E-state index in [-0.39, 0.29) is 11.3 Å². The second-order valence-electron chi connectivity index (χ2n) is 7.73. The van der Waals surface area contributed by atoms with Crippen molar-refractivity contribution in [3.8, 4) is 5.75 Å². The standard InChI is InChI=1S/C23H41NO2/c1-2-3-4-5-6-7-8-9-10-11-12-13-14-15-16-17-18-21-19-20-24-23(26)22(21)25/h19-20,25H,2-18H2,1H3,(H,24,26). The first kappa shape index (κ1) is 22.8. The topological polar surface area (TPSA) is 53.1 Å². The molecule has 3 heteroatoms. The molecule has 2 N–H and O–H groups in total. The molecule has 0 fully saturated rings. The minimum Gasteiger partial charge on any atom is -0.503 e. The van der Waals surface area contributed by atoms with E-state index in [1.54, 1.807) is 6.20 Å². The van der Waals surface area contributed by atoms with Crippen molar-refractivity contribution in [2.75, 3.05) is 0 Å². The Bertz CT molecular complexity index is 495. The number of aromatic nitrogens is 1. The van der Waals surface area contributed by atoms with Gasteiger partial charge in [0.2, 0.25) is 0 Å². The molecule has 1 aromatic heterocycles. The Morgan fingerprint density at radius 3 is 1.62 bits per heavy atom. The van der Waals surface area contributed by atoms with Gasteiger partial charge >= 0.3 is 0 Å². The average Bonchev–Trinajstić information content (AvgIpc) is 2.64. The van der Waals surface area contributed by atoms with Gasteiger partial charge in [-0.25, -0.2) is 0 Å². The van der Waals surface area contributed by atoms with Crippen molar-refractivity contribution < 1.29 is 5.11 Å². The normalized spacial score (nSPS) is 11.1. The van der Waals surface area contributed by atoms with Crippen molar-refractivity contribution >= 4 is 0 Å². The van der Waals surface area contributed by atoms with Crippen molar-refractivity contribution in [1.29, 1.82) is 0 Å². The zero-order chi connectivity index (χ0) is 18.9. The van der Waals surface area contributed by atoms with Gasteiger partial charge in [0, 0.05) is 11.8 Å². The van der Waals surface area contributed by atoms with Crippen molar-refractivity contribution in [1.82, 2.24) is 4.98 Å². The van der Waals surface area contributed by atoms with Crippen LogP contribution in [0.1, 0.15) is 115 Å². The summed E-state index contributed by atoms with van der Waals surface area (Å²) in [4.78, 5) is 13.8. The predicted molar refractivity (Wildman–Crippen MR) is 112 cm³/mol. The summed E-state index contributed by atoms with van der Waals surface area (Å²) in [6.45, 7) is 2.28. The minimum atomic E-state index is -0.376. The Morgan fingerprint density at radius 1 is 0.731 bits per heavy atom. The van der Waals surface area contributed by atoms with Crippen LogP contribution in [-0.4, -0.2) is 10.1 Å². The van der Waals surface area contributed by atoms with Gasteiger partial charge in [0.05, 0.1) is 0 Å². The highest BCUT2D eigenvalue weighted by Crippen LogP contribution is 2.16. The number of unbranched alkanes of at least 4 members (excludes halogenated alkanes) is 15. The van der Waals surface area contributed by atoms with Gasteiger partial charge in [-0.15, -0.1) is 0 Å². The number of aryl methyl sites for hydroxylation is 1. The molecule has 1 rings (SSSR count). The molecule has 0 bridgehead atoms. The molecule has 1 aromatic rings. The maximum Gasteiger partial charge on any atom is 0.290 e. The van der Waals surface area contributed by atoms with Crippen molar-refractivity contribution in [2.24, 2.45) is 0 Å². The largest absolute Gasteiger partial charge is 0.503 e. The van der Waals surface area contributed by atoms with Crippen LogP contribution < -0.4 is 5.56 Å². The average molecular weight is 364 g/mol. The van der Waals surface area contributed by atoms with E-state index < -0.39 is 0 Å². The highest BCUT2D eigenvalue weighted by molar-refractivity contribution is 5.28. The summed E-state index contributed by atoms with van der Waals surface area (Å²) < 4.78 is 0. The number of rotatable bonds is 17. The Labute approximate surface area is 160 Å². The number of nitrogens with one attached hydrogen (secondary N) is 1. The summed E-state index contributed by atoms with van der Waals surface area (Å²) in [5.41, 5.74) is 0.401. The minimum absolute atomic E-state index is 0.103. The van der Waals surface area contributed by atoms with E-state index in [0.717, 1.165) is 18.4 Å². The summed E-state index contributed by atoms with van der Waals surface area (Å²) in [5.74, 6) is -0.103. The second kappa shape index (κ2) is 16.0. The summed E-state index contributed by atoms with van der Waals surface area (Å²) in [6, 6.07) is 1.81. The van der Waals surface area contributed by atoms with Gasteiger partial charge in [-0.2, -0.15) is 0 Å². The van der Waals surface area contributed by atoms with Crippen LogP contribution in [-0.2, 0) is 6.42 Å². The second-order valence-corrected chi connectivity index (χ2v) is 7.73. The van der Waals surface area contributed by atoms with Crippen LogP contribution in [0.15, 0.2) is 17.1 Å². The van der Waals surface area contributed by atoms with Crippen LogP contribution in [0.3, 0.4) is 0 Å². The third kappa shape index (κ3) is 11.4. The highest BCUT2D eigenvalue weighted by Gasteiger charge is 2.04. The number of hydrogen-bond acceptors (Lipinski definition) is 2. The SMILES string of the molecule is CCCCCCCCCCCCCCCCCCc1cc[nH]c(=O)c1O. The zero-order valence-electron chi connectivity index (χ0n) is 17.0. The van der Waals surface area contributed by atoms with Crippen LogP contribution in [0.4, 0.5) is 0 Å². The van der Waals surface area contributed by atoms with E-state index in [4.69, 9.17) is 0 Å². The fourth-order valence-corrected chi connectivity index (χ4v) is 3.58. The third-order valence-electron chi connectivity index (χ3n) is 5.32. The molecule has 0 saturated heterocycles. The van der Waals surface area contributed by atoms with Crippen LogP contribution in [0.5, 0.6) is 5.75 Å². The smallest absolute Gasteiger partial charge is 0.290 e. The van der Waals surface area contributed by atoms with Gasteiger partial charge in [-0.3, -0.25) is 4.79 Å². The molecule has 0 aliphatic carbocycles. The quantitative estimate of drug-likeness (QED) is 0.296. The number of aromatic amines is 1. The van der Waals surface area contributed by atoms with Gasteiger partial charge in [0.25, 0.3) is 5.56 Å². The first-order valence-electron chi connectivity index (χ1n) is 11.1. The lowest BCUT2D eigenvalue weighted by Crippen LogP contribution is -2.06. The highest BCUT2D eigenvalue weighted by atomic mass is 16.3. The third-order valence-corrected chi connectivity index (χ3v) is 5.32. The Kier molecular flexibility index (Phi) is 14.0. The molecule has 0 unspecified atom stereocenters. The van der Waals surface area contributed by atoms with E-state index in [1.807, 2.05) is 6.07 Å². The van der Waals surface area contributed by atoms with Gasteiger partial charge in [-0.05, 0) is 18.9 Å². The molecule has 0 amide bonds. The van der Waals surface area contributed by atoms with Crippen molar-refractivity contribution in [2.45, 2.75) is 116 Å². The van der Waals surface area contributed by atoms with Crippen molar-refractivity contribution in [3.05, 3.63) is 28.2 Å². The maximum atomic E-state index is 11.3. The molecule has 0 aliphatic rings. The zero-order valence-corrected chi connectivity index (χ0v) is 17.0. The van der Waals surface area contributed by atoms with Gasteiger partial charge in [0.15, 0.2) is 5.75 Å². The molecule has 3 nitrogen and oxygen atoms in total. The molecule has 150 valence electrons. The molecule has 26 heavy (non-hydrogen) atoms. The van der Waals surface area contributed by atoms with Crippen LogP contribution >= 0.6 is 0 Å². The van der Waals surface area contributed by atoms with Gasteiger partial charge in [0.1, 0.15) is 0 Å². The van der Waals surface area contributed by atoms with Crippen molar-refractivity contribution in [3.63, 3.8) is 0 Å². The predicted octanol–water partition coefficient (Wildman–Crippen LogP) is 6.88. The summed E-state index contributed by atoms with van der Waals surface area (Å²) >= 11 is 0. The first-order chi connectivity index (χ1) is 12.8. The molecule has 1 heterocycles. The molecule has 0 atom stereocenters. The molecule has 0 radical (unpaired) electrons. The number of aromatic hydroxyl groups is 1. The summed E-state index contributed by atoms with van der Waals surface area (Å²) in [7, 11) is 0. The molecule has 0 aliphatic heterocycles. The lowest BCUT2D eigenvalue weighted by molar-refractivity contribution is 0.457. The van der Waals surface area contributed by atoms with E-state index in [1.165, 1.54) is 96.3 Å². The van der Waals surface area contributed by atoms with Crippen LogP contribution in [0.2, 0.25) is 0 Å². The first-order valence-corrected chi connectivity index (χ1v) is 11.1. The Hall–Kier alpha value is -1.25. The van der Waals surface area contributed by atoms with E-state index in [9.17, 15) is 9.90 Å². The molecule has 0 aromatic carbocycles. The van der Waals surface area contributed by atoms with Gasteiger partial charge in [-0.1, -0.05) is 103 Å². The maximum absolute atomic E-state index is 11.3. The van der Waals surface area contributed by atoms with Crippen LogP contribution in [0, 0.1) is 0 Å². The van der Waals surface area contributed by atoms with E-state index in [2.05, 4.69) is 11.9 Å². The monoisotopic (exact) mass is 363 g/mol. The van der Waals surface area contributed by atoms with E-state index in [0.29, 0.717) is 0 Å². The molecular weight excluding hydrogens is 322 g/mol. The Morgan fingerprint density at radius 2 is 1.15 bits per heavy atom.